The molecule has 0 spiro atoms. The maximum Gasteiger partial charge on any atom is 0.441 e. The molecule has 0 fully saturated rings. The molecule has 0 aromatic carbocycles. The minimum atomic E-state index is -3.41. The van der Waals surface area contributed by atoms with E-state index in [4.69, 9.17) is 9.05 Å². The second kappa shape index (κ2) is 10.3. The monoisotopic (exact) mass is 359 g/mol. The third-order valence-electron chi connectivity index (χ3n) is 4.71. The molecule has 1 aromatic heterocycles. The number of aromatic nitrogens is 3. The van der Waals surface area contributed by atoms with Crippen LogP contribution < -0.4 is 0 Å². The molecule has 0 aliphatic rings. The van der Waals surface area contributed by atoms with Crippen molar-refractivity contribution in [3.8, 4) is 0 Å². The standard InChI is InChI=1S/C17H34N3O3P/c1-6-8-10-12-14-17(3,13-11-9-7-2)16-19-18-15-20(16)24(21,22-4)23-5/h15H,6-14H2,1-5H3. The molecule has 0 saturated carbocycles. The number of nitrogens with zero attached hydrogens (tertiary/aromatic N) is 3. The van der Waals surface area contributed by atoms with E-state index in [1.807, 2.05) is 0 Å². The van der Waals surface area contributed by atoms with E-state index in [0.717, 1.165) is 25.7 Å². The molecule has 1 heterocycles. The van der Waals surface area contributed by atoms with Crippen LogP contribution in [0, 0.1) is 0 Å². The van der Waals surface area contributed by atoms with Gasteiger partial charge in [-0.15, -0.1) is 10.2 Å². The Morgan fingerprint density at radius 1 is 1.04 bits per heavy atom. The summed E-state index contributed by atoms with van der Waals surface area (Å²) in [4.78, 5) is 0. The highest BCUT2D eigenvalue weighted by molar-refractivity contribution is 7.52. The zero-order valence-corrected chi connectivity index (χ0v) is 16.8. The second-order valence-electron chi connectivity index (χ2n) is 6.66. The van der Waals surface area contributed by atoms with Gasteiger partial charge in [-0.25, -0.2) is 8.90 Å². The van der Waals surface area contributed by atoms with Crippen LogP contribution in [0.5, 0.6) is 0 Å². The Bertz CT molecular complexity index is 513. The minimum Gasteiger partial charge on any atom is -0.295 e. The summed E-state index contributed by atoms with van der Waals surface area (Å²) in [5.74, 6) is 0.710. The molecule has 0 N–H and O–H groups in total. The average Bonchev–Trinajstić information content (AvgIpc) is 3.09. The van der Waals surface area contributed by atoms with Crippen LogP contribution in [0.4, 0.5) is 0 Å². The molecule has 1 unspecified atom stereocenters. The van der Waals surface area contributed by atoms with E-state index in [2.05, 4.69) is 31.0 Å². The van der Waals surface area contributed by atoms with Crippen molar-refractivity contribution >= 4 is 7.75 Å². The molecule has 0 aliphatic heterocycles. The van der Waals surface area contributed by atoms with Gasteiger partial charge in [0.25, 0.3) is 0 Å². The third-order valence-corrected chi connectivity index (χ3v) is 6.45. The Morgan fingerprint density at radius 3 is 2.12 bits per heavy atom. The fourth-order valence-electron chi connectivity index (χ4n) is 3.11. The molecular weight excluding hydrogens is 325 g/mol. The Hall–Kier alpha value is -0.710. The molecule has 6 nitrogen and oxygen atoms in total. The van der Waals surface area contributed by atoms with Gasteiger partial charge in [-0.2, -0.15) is 0 Å². The van der Waals surface area contributed by atoms with Gasteiger partial charge >= 0.3 is 7.75 Å². The highest BCUT2D eigenvalue weighted by Gasteiger charge is 2.37. The minimum absolute atomic E-state index is 0.174. The summed E-state index contributed by atoms with van der Waals surface area (Å²) in [6.07, 6.45) is 11.7. The van der Waals surface area contributed by atoms with E-state index < -0.39 is 7.75 Å². The topological polar surface area (TPSA) is 66.2 Å². The lowest BCUT2D eigenvalue weighted by Crippen LogP contribution is -2.27. The van der Waals surface area contributed by atoms with Gasteiger partial charge in [0.1, 0.15) is 12.2 Å². The number of hydrogen-bond donors (Lipinski definition) is 0. The summed E-state index contributed by atoms with van der Waals surface area (Å²) in [5, 5.41) is 8.31. The maximum atomic E-state index is 12.8. The molecule has 0 aliphatic carbocycles. The molecule has 140 valence electrons. The van der Waals surface area contributed by atoms with Crippen LogP contribution in [0.1, 0.15) is 84.4 Å². The van der Waals surface area contributed by atoms with E-state index in [0.29, 0.717) is 5.82 Å². The molecule has 24 heavy (non-hydrogen) atoms. The van der Waals surface area contributed by atoms with Crippen LogP contribution in [0.25, 0.3) is 0 Å². The normalized spacial score (nSPS) is 14.7. The van der Waals surface area contributed by atoms with Crippen molar-refractivity contribution in [2.45, 2.75) is 84.0 Å². The van der Waals surface area contributed by atoms with E-state index in [-0.39, 0.29) is 5.41 Å². The lowest BCUT2D eigenvalue weighted by molar-refractivity contribution is 0.259. The first-order valence-corrected chi connectivity index (χ1v) is 10.6. The zero-order chi connectivity index (χ0) is 18.1. The first-order chi connectivity index (χ1) is 11.5. The maximum absolute atomic E-state index is 12.8. The Morgan fingerprint density at radius 2 is 1.58 bits per heavy atom. The van der Waals surface area contributed by atoms with Gasteiger partial charge in [0.05, 0.1) is 0 Å². The summed E-state index contributed by atoms with van der Waals surface area (Å²) in [5.41, 5.74) is -0.174. The van der Waals surface area contributed by atoms with E-state index in [9.17, 15) is 4.57 Å². The van der Waals surface area contributed by atoms with E-state index in [1.165, 1.54) is 57.0 Å². The molecule has 1 rings (SSSR count). The predicted molar refractivity (Wildman–Crippen MR) is 97.3 cm³/mol. The lowest BCUT2D eigenvalue weighted by atomic mass is 9.79. The quantitative estimate of drug-likeness (QED) is 0.351. The summed E-state index contributed by atoms with van der Waals surface area (Å²) in [6.45, 7) is 6.61. The largest absolute Gasteiger partial charge is 0.441 e. The van der Waals surface area contributed by atoms with Crippen molar-refractivity contribution in [2.24, 2.45) is 0 Å². The van der Waals surface area contributed by atoms with Gasteiger partial charge in [0.15, 0.2) is 0 Å². The summed E-state index contributed by atoms with van der Waals surface area (Å²) in [6, 6.07) is 0. The molecule has 0 radical (unpaired) electrons. The lowest BCUT2D eigenvalue weighted by Gasteiger charge is -2.30. The van der Waals surface area contributed by atoms with Crippen LogP contribution in [0.2, 0.25) is 0 Å². The fourth-order valence-corrected chi connectivity index (χ4v) is 4.30. The number of hydrogen-bond acceptors (Lipinski definition) is 5. The van der Waals surface area contributed by atoms with Crippen molar-refractivity contribution in [3.05, 3.63) is 12.2 Å². The van der Waals surface area contributed by atoms with Gasteiger partial charge in [-0.1, -0.05) is 65.7 Å². The third kappa shape index (κ3) is 5.40. The summed E-state index contributed by atoms with van der Waals surface area (Å²) < 4.78 is 24.6. The number of rotatable bonds is 13. The van der Waals surface area contributed by atoms with Crippen LogP contribution >= 0.6 is 7.75 Å². The fraction of sp³-hybridized carbons (Fsp3) is 0.882. The highest BCUT2D eigenvalue weighted by Crippen LogP contribution is 2.51. The summed E-state index contributed by atoms with van der Waals surface area (Å²) in [7, 11) is -0.627. The molecule has 0 bridgehead atoms. The molecule has 0 saturated heterocycles. The van der Waals surface area contributed by atoms with Crippen molar-refractivity contribution in [3.63, 3.8) is 0 Å². The van der Waals surface area contributed by atoms with Gasteiger partial charge in [-0.3, -0.25) is 9.05 Å². The van der Waals surface area contributed by atoms with Gasteiger partial charge < -0.3 is 0 Å². The van der Waals surface area contributed by atoms with Crippen LogP contribution in [-0.4, -0.2) is 28.8 Å². The molecule has 0 amide bonds. The van der Waals surface area contributed by atoms with E-state index in [1.54, 1.807) is 0 Å². The first kappa shape index (κ1) is 21.3. The number of unbranched alkanes of at least 4 members (excludes halogenated alkanes) is 5. The first-order valence-electron chi connectivity index (χ1n) is 9.10. The van der Waals surface area contributed by atoms with Gasteiger partial charge in [0.2, 0.25) is 0 Å². The van der Waals surface area contributed by atoms with Crippen LogP contribution in [0.15, 0.2) is 6.33 Å². The smallest absolute Gasteiger partial charge is 0.295 e. The highest BCUT2D eigenvalue weighted by atomic mass is 31.2. The van der Waals surface area contributed by atoms with E-state index >= 15 is 0 Å². The van der Waals surface area contributed by atoms with Crippen LogP contribution in [-0.2, 0) is 19.0 Å². The Kier molecular flexibility index (Phi) is 9.17. The van der Waals surface area contributed by atoms with Gasteiger partial charge in [0, 0.05) is 19.6 Å². The Labute approximate surface area is 146 Å². The zero-order valence-electron chi connectivity index (χ0n) is 16.0. The van der Waals surface area contributed by atoms with Crippen molar-refractivity contribution < 1.29 is 13.6 Å². The van der Waals surface area contributed by atoms with Crippen molar-refractivity contribution in [2.75, 3.05) is 14.2 Å². The SMILES string of the molecule is CCCCCCC(C)(CCCCC)c1nncn1P(=O)(OC)OC. The molecule has 1 aromatic rings. The van der Waals surface area contributed by atoms with Gasteiger partial charge in [-0.05, 0) is 12.8 Å². The van der Waals surface area contributed by atoms with Crippen molar-refractivity contribution in [1.82, 2.24) is 14.5 Å². The molecular formula is C17H34N3O3P. The summed E-state index contributed by atoms with van der Waals surface area (Å²) >= 11 is 0. The second-order valence-corrected chi connectivity index (χ2v) is 8.76. The van der Waals surface area contributed by atoms with Crippen LogP contribution in [0.3, 0.4) is 0 Å². The Balaban J connectivity index is 3.06. The van der Waals surface area contributed by atoms with Crippen molar-refractivity contribution in [1.29, 1.82) is 0 Å². The molecule has 7 heteroatoms. The average molecular weight is 359 g/mol. The molecule has 1 atom stereocenters. The predicted octanol–water partition coefficient (Wildman–Crippen LogP) is 5.34.